The summed E-state index contributed by atoms with van der Waals surface area (Å²) < 4.78 is 28.2. The first-order valence-electron chi connectivity index (χ1n) is 9.08. The lowest BCUT2D eigenvalue weighted by Crippen LogP contribution is -2.36. The molecule has 0 saturated carbocycles. The summed E-state index contributed by atoms with van der Waals surface area (Å²) in [4.78, 5) is 8.47. The van der Waals surface area contributed by atoms with Crippen molar-refractivity contribution in [2.24, 2.45) is 0 Å². The van der Waals surface area contributed by atoms with Gasteiger partial charge in [-0.3, -0.25) is 4.31 Å². The molecule has 3 aromatic rings. The third kappa shape index (κ3) is 3.38. The van der Waals surface area contributed by atoms with Crippen molar-refractivity contribution < 1.29 is 8.42 Å². The number of aryl methyl sites for hydroxylation is 1. The Morgan fingerprint density at radius 2 is 1.86 bits per heavy atom. The van der Waals surface area contributed by atoms with Gasteiger partial charge in [-0.05, 0) is 60.7 Å². The summed E-state index contributed by atoms with van der Waals surface area (Å²) in [5, 5.41) is 0.160. The van der Waals surface area contributed by atoms with Crippen molar-refractivity contribution in [3.05, 3.63) is 71.1 Å². The van der Waals surface area contributed by atoms with Crippen molar-refractivity contribution in [3.8, 4) is 11.3 Å². The fraction of sp³-hybridized carbons (Fsp3) is 0.238. The standard InChI is InChI=1S/C21H20ClN3O2S/c1-14-3-6-17(7-4-14)28(26,27)25-12-10-15(2)18-8-5-16(13-20(18)25)19-9-11-23-21(22)24-19/h3-9,11,13,15H,10,12H2,1-2H3. The van der Waals surface area contributed by atoms with Gasteiger partial charge < -0.3 is 0 Å². The molecule has 0 amide bonds. The van der Waals surface area contributed by atoms with Crippen LogP contribution < -0.4 is 4.31 Å². The van der Waals surface area contributed by atoms with Gasteiger partial charge in [0.2, 0.25) is 5.28 Å². The number of anilines is 1. The summed E-state index contributed by atoms with van der Waals surface area (Å²) in [5.74, 6) is 0.280. The Balaban J connectivity index is 1.83. The molecule has 0 spiro atoms. The largest absolute Gasteiger partial charge is 0.266 e. The van der Waals surface area contributed by atoms with E-state index in [1.165, 1.54) is 4.31 Å². The van der Waals surface area contributed by atoms with Crippen LogP contribution in [0.5, 0.6) is 0 Å². The molecule has 1 aliphatic rings. The quantitative estimate of drug-likeness (QED) is 0.578. The van der Waals surface area contributed by atoms with E-state index in [-0.39, 0.29) is 11.2 Å². The van der Waals surface area contributed by atoms with E-state index in [0.717, 1.165) is 23.1 Å². The summed E-state index contributed by atoms with van der Waals surface area (Å²) >= 11 is 5.93. The Labute approximate surface area is 170 Å². The first-order chi connectivity index (χ1) is 13.4. The number of hydrogen-bond donors (Lipinski definition) is 0. The summed E-state index contributed by atoms with van der Waals surface area (Å²) in [6.45, 7) is 4.50. The first kappa shape index (κ1) is 18.9. The summed E-state index contributed by atoms with van der Waals surface area (Å²) in [7, 11) is -3.65. The van der Waals surface area contributed by atoms with E-state index < -0.39 is 10.0 Å². The number of rotatable bonds is 3. The Morgan fingerprint density at radius 1 is 1.11 bits per heavy atom. The molecule has 0 fully saturated rings. The fourth-order valence-electron chi connectivity index (χ4n) is 3.51. The van der Waals surface area contributed by atoms with Gasteiger partial charge in [0.05, 0.1) is 16.3 Å². The molecule has 2 aromatic carbocycles. The van der Waals surface area contributed by atoms with Crippen LogP contribution in [0.4, 0.5) is 5.69 Å². The molecule has 5 nitrogen and oxygen atoms in total. The van der Waals surface area contributed by atoms with Crippen LogP contribution in [0.15, 0.2) is 59.6 Å². The first-order valence-corrected chi connectivity index (χ1v) is 10.9. The summed E-state index contributed by atoms with van der Waals surface area (Å²) in [6, 6.07) is 14.6. The lowest BCUT2D eigenvalue weighted by Gasteiger charge is -2.34. The van der Waals surface area contributed by atoms with E-state index >= 15 is 0 Å². The van der Waals surface area contributed by atoms with Crippen LogP contribution in [0.25, 0.3) is 11.3 Å². The van der Waals surface area contributed by atoms with Crippen molar-refractivity contribution in [1.29, 1.82) is 0 Å². The van der Waals surface area contributed by atoms with Gasteiger partial charge in [-0.25, -0.2) is 18.4 Å². The number of aromatic nitrogens is 2. The van der Waals surface area contributed by atoms with E-state index in [1.54, 1.807) is 24.4 Å². The topological polar surface area (TPSA) is 63.2 Å². The molecule has 1 unspecified atom stereocenters. The van der Waals surface area contributed by atoms with Gasteiger partial charge in [0.15, 0.2) is 0 Å². The molecule has 0 aliphatic carbocycles. The molecule has 1 aliphatic heterocycles. The number of benzene rings is 2. The van der Waals surface area contributed by atoms with Crippen LogP contribution in [-0.4, -0.2) is 24.9 Å². The predicted octanol–water partition coefficient (Wildman–Crippen LogP) is 4.81. The zero-order chi connectivity index (χ0) is 19.9. The zero-order valence-electron chi connectivity index (χ0n) is 15.6. The Morgan fingerprint density at radius 3 is 2.57 bits per heavy atom. The Hall–Kier alpha value is -2.44. The minimum Gasteiger partial charge on any atom is -0.266 e. The van der Waals surface area contributed by atoms with E-state index in [0.29, 0.717) is 22.8 Å². The lowest BCUT2D eigenvalue weighted by molar-refractivity contribution is 0.578. The molecule has 7 heteroatoms. The highest BCUT2D eigenvalue weighted by Gasteiger charge is 2.32. The number of fused-ring (bicyclic) bond motifs is 1. The minimum absolute atomic E-state index is 0.160. The molecule has 2 heterocycles. The van der Waals surface area contributed by atoms with Crippen LogP contribution in [0, 0.1) is 6.92 Å². The summed E-state index contributed by atoms with van der Waals surface area (Å²) in [5.41, 5.74) is 4.21. The third-order valence-corrected chi connectivity index (χ3v) is 7.14. The predicted molar refractivity (Wildman–Crippen MR) is 111 cm³/mol. The van der Waals surface area contributed by atoms with Crippen molar-refractivity contribution in [1.82, 2.24) is 9.97 Å². The van der Waals surface area contributed by atoms with Gasteiger partial charge in [0.25, 0.3) is 10.0 Å². The van der Waals surface area contributed by atoms with Gasteiger partial charge in [-0.1, -0.05) is 36.8 Å². The van der Waals surface area contributed by atoms with Gasteiger partial charge in [-0.2, -0.15) is 0 Å². The van der Waals surface area contributed by atoms with E-state index in [1.807, 2.05) is 37.3 Å². The normalized spacial score (nSPS) is 16.7. The molecule has 1 aromatic heterocycles. The second-order valence-corrected chi connectivity index (χ2v) is 9.26. The number of nitrogens with zero attached hydrogens (tertiary/aromatic N) is 3. The molecule has 4 rings (SSSR count). The van der Waals surface area contributed by atoms with E-state index in [2.05, 4.69) is 16.9 Å². The van der Waals surface area contributed by atoms with E-state index in [4.69, 9.17) is 11.6 Å². The maximum absolute atomic E-state index is 13.3. The zero-order valence-corrected chi connectivity index (χ0v) is 17.2. The highest BCUT2D eigenvalue weighted by molar-refractivity contribution is 7.92. The smallest absolute Gasteiger partial charge is 0.264 e. The highest BCUT2D eigenvalue weighted by atomic mass is 35.5. The van der Waals surface area contributed by atoms with Gasteiger partial charge >= 0.3 is 0 Å². The third-order valence-electron chi connectivity index (χ3n) is 5.13. The second-order valence-electron chi connectivity index (χ2n) is 7.06. The van der Waals surface area contributed by atoms with Crippen LogP contribution >= 0.6 is 11.6 Å². The Bertz CT molecular complexity index is 1130. The number of halogens is 1. The second kappa shape index (κ2) is 7.18. The Kier molecular flexibility index (Phi) is 4.85. The minimum atomic E-state index is -3.65. The molecule has 1 atom stereocenters. The van der Waals surface area contributed by atoms with Gasteiger partial charge in [-0.15, -0.1) is 0 Å². The average molecular weight is 414 g/mol. The monoisotopic (exact) mass is 413 g/mol. The van der Waals surface area contributed by atoms with Crippen molar-refractivity contribution >= 4 is 27.3 Å². The maximum Gasteiger partial charge on any atom is 0.264 e. The molecule has 0 N–H and O–H groups in total. The van der Waals surface area contributed by atoms with Crippen molar-refractivity contribution in [2.75, 3.05) is 10.8 Å². The maximum atomic E-state index is 13.3. The molecular weight excluding hydrogens is 394 g/mol. The highest BCUT2D eigenvalue weighted by Crippen LogP contribution is 2.40. The van der Waals surface area contributed by atoms with Crippen LogP contribution in [0.3, 0.4) is 0 Å². The number of hydrogen-bond acceptors (Lipinski definition) is 4. The van der Waals surface area contributed by atoms with Crippen LogP contribution in [0.1, 0.15) is 30.4 Å². The van der Waals surface area contributed by atoms with Gasteiger partial charge in [0.1, 0.15) is 0 Å². The fourth-order valence-corrected chi connectivity index (χ4v) is 5.15. The molecular formula is C21H20ClN3O2S. The van der Waals surface area contributed by atoms with Crippen molar-refractivity contribution in [3.63, 3.8) is 0 Å². The van der Waals surface area contributed by atoms with E-state index in [9.17, 15) is 8.42 Å². The molecule has 0 saturated heterocycles. The van der Waals surface area contributed by atoms with Crippen molar-refractivity contribution in [2.45, 2.75) is 31.1 Å². The van der Waals surface area contributed by atoms with Gasteiger partial charge in [0, 0.05) is 18.3 Å². The summed E-state index contributed by atoms with van der Waals surface area (Å²) in [6.07, 6.45) is 2.37. The van der Waals surface area contributed by atoms with Crippen LogP contribution in [0.2, 0.25) is 5.28 Å². The lowest BCUT2D eigenvalue weighted by atomic mass is 9.91. The van der Waals surface area contributed by atoms with Crippen LogP contribution in [-0.2, 0) is 10.0 Å². The molecule has 0 bridgehead atoms. The molecule has 0 radical (unpaired) electrons. The SMILES string of the molecule is Cc1ccc(S(=O)(=O)N2CCC(C)c3ccc(-c4ccnc(Cl)n4)cc32)cc1. The molecule has 28 heavy (non-hydrogen) atoms. The average Bonchev–Trinajstić information content (AvgIpc) is 2.68. The molecule has 144 valence electrons. The number of sulfonamides is 1.